The third-order valence-corrected chi connectivity index (χ3v) is 5.12. The van der Waals surface area contributed by atoms with Crippen LogP contribution in [-0.4, -0.2) is 28.0 Å². The van der Waals surface area contributed by atoms with Crippen LogP contribution in [0.25, 0.3) is 17.4 Å². The van der Waals surface area contributed by atoms with E-state index in [0.29, 0.717) is 17.0 Å². The van der Waals surface area contributed by atoms with Gasteiger partial charge in [0.1, 0.15) is 17.1 Å². The van der Waals surface area contributed by atoms with Gasteiger partial charge in [0.05, 0.1) is 16.3 Å². The lowest BCUT2D eigenvalue weighted by Gasteiger charge is -2.28. The van der Waals surface area contributed by atoms with Gasteiger partial charge >= 0.3 is 5.97 Å². The van der Waals surface area contributed by atoms with Crippen LogP contribution in [0.4, 0.5) is 5.69 Å². The third kappa shape index (κ3) is 3.98. The van der Waals surface area contributed by atoms with E-state index < -0.39 is 17.8 Å². The van der Waals surface area contributed by atoms with Crippen LogP contribution in [0.1, 0.15) is 16.1 Å². The van der Waals surface area contributed by atoms with Gasteiger partial charge in [-0.3, -0.25) is 19.8 Å². The van der Waals surface area contributed by atoms with Crippen molar-refractivity contribution < 1.29 is 23.9 Å². The number of hydrogen-bond donors (Lipinski definition) is 2. The number of nitrogens with zero attached hydrogens (tertiary/aromatic N) is 1. The van der Waals surface area contributed by atoms with E-state index in [1.165, 1.54) is 23.1 Å². The average Bonchev–Trinajstić information content (AvgIpc) is 3.20. The summed E-state index contributed by atoms with van der Waals surface area (Å²) in [5.74, 6) is -1.80. The first kappa shape index (κ1) is 20.5. The van der Waals surface area contributed by atoms with Crippen molar-refractivity contribution in [1.82, 2.24) is 5.32 Å². The Kier molecular flexibility index (Phi) is 5.41. The highest BCUT2D eigenvalue weighted by Gasteiger charge is 2.34. The Balaban J connectivity index is 1.67. The summed E-state index contributed by atoms with van der Waals surface area (Å²) in [5, 5.41) is 11.8. The number of halogens is 1. The predicted octanol–water partition coefficient (Wildman–Crippen LogP) is 4.13. The number of carbonyl (C=O) groups is 3. The molecule has 0 radical (unpaired) electrons. The van der Waals surface area contributed by atoms with E-state index >= 15 is 0 Å². The fourth-order valence-corrected chi connectivity index (χ4v) is 3.52. The van der Waals surface area contributed by atoms with Gasteiger partial charge in [-0.15, -0.1) is 0 Å². The molecule has 0 saturated carbocycles. The van der Waals surface area contributed by atoms with E-state index in [2.05, 4.69) is 5.32 Å². The van der Waals surface area contributed by atoms with Crippen LogP contribution in [0, 0.1) is 0 Å². The van der Waals surface area contributed by atoms with Gasteiger partial charge in [0.2, 0.25) is 0 Å². The molecule has 9 heteroatoms. The topological polar surface area (TPSA) is 99.9 Å². The van der Waals surface area contributed by atoms with E-state index in [9.17, 15) is 19.5 Å². The maximum Gasteiger partial charge on any atom is 0.337 e. The van der Waals surface area contributed by atoms with Crippen molar-refractivity contribution in [3.63, 3.8) is 0 Å². The number of carbonyl (C=O) groups excluding carboxylic acids is 2. The fraction of sp³-hybridized carbons (Fsp3) is 0. The van der Waals surface area contributed by atoms with E-state index in [-0.39, 0.29) is 27.0 Å². The molecule has 1 fully saturated rings. The number of rotatable bonds is 4. The van der Waals surface area contributed by atoms with Crippen LogP contribution in [0.5, 0.6) is 0 Å². The van der Waals surface area contributed by atoms with Crippen molar-refractivity contribution in [2.75, 3.05) is 4.90 Å². The van der Waals surface area contributed by atoms with Crippen molar-refractivity contribution in [2.45, 2.75) is 0 Å². The second kappa shape index (κ2) is 8.17. The summed E-state index contributed by atoms with van der Waals surface area (Å²) in [4.78, 5) is 37.9. The van der Waals surface area contributed by atoms with Crippen LogP contribution in [0.2, 0.25) is 5.02 Å². The van der Waals surface area contributed by atoms with Gasteiger partial charge in [0.15, 0.2) is 5.11 Å². The third-order valence-electron chi connectivity index (χ3n) is 4.51. The van der Waals surface area contributed by atoms with Crippen molar-refractivity contribution in [3.05, 3.63) is 82.6 Å². The van der Waals surface area contributed by atoms with Gasteiger partial charge in [-0.05, 0) is 60.8 Å². The number of amides is 2. The molecular formula is C22H13ClN2O5S. The number of carboxylic acids is 1. The van der Waals surface area contributed by atoms with Gasteiger partial charge in [-0.1, -0.05) is 29.8 Å². The van der Waals surface area contributed by atoms with Crippen LogP contribution in [-0.2, 0) is 9.59 Å². The summed E-state index contributed by atoms with van der Waals surface area (Å²) < 4.78 is 5.72. The van der Waals surface area contributed by atoms with Gasteiger partial charge in [0.25, 0.3) is 11.8 Å². The monoisotopic (exact) mass is 452 g/mol. The van der Waals surface area contributed by atoms with Crippen LogP contribution in [0.3, 0.4) is 0 Å². The summed E-state index contributed by atoms with van der Waals surface area (Å²) in [6.45, 7) is 0. The number of nitrogens with one attached hydrogen (secondary N) is 1. The summed E-state index contributed by atoms with van der Waals surface area (Å²) in [5.41, 5.74) is 0.786. The highest BCUT2D eigenvalue weighted by atomic mass is 35.5. The van der Waals surface area contributed by atoms with Crippen molar-refractivity contribution in [3.8, 4) is 11.3 Å². The molecule has 2 N–H and O–H groups in total. The second-order valence-corrected chi connectivity index (χ2v) is 7.29. The van der Waals surface area contributed by atoms with E-state index in [0.717, 1.165) is 0 Å². The zero-order valence-electron chi connectivity index (χ0n) is 15.7. The zero-order valence-corrected chi connectivity index (χ0v) is 17.2. The summed E-state index contributed by atoms with van der Waals surface area (Å²) >= 11 is 11.1. The first-order valence-corrected chi connectivity index (χ1v) is 9.73. The Labute approximate surface area is 186 Å². The molecule has 2 heterocycles. The molecule has 0 unspecified atom stereocenters. The molecule has 7 nitrogen and oxygen atoms in total. The molecule has 2 aromatic carbocycles. The first-order valence-electron chi connectivity index (χ1n) is 8.94. The Morgan fingerprint density at radius 1 is 1.10 bits per heavy atom. The SMILES string of the molecule is O=C1NC(=S)N(c2ccccc2)C(=O)C1=Cc1ccc(-c2ccc(Cl)c(C(=O)O)c2)o1. The molecule has 0 bridgehead atoms. The smallest absolute Gasteiger partial charge is 0.337 e. The zero-order chi connectivity index (χ0) is 22.1. The summed E-state index contributed by atoms with van der Waals surface area (Å²) in [7, 11) is 0. The van der Waals surface area contributed by atoms with E-state index in [1.54, 1.807) is 48.5 Å². The van der Waals surface area contributed by atoms with Crippen LogP contribution >= 0.6 is 23.8 Å². The molecular weight excluding hydrogens is 440 g/mol. The molecule has 3 aromatic rings. The molecule has 31 heavy (non-hydrogen) atoms. The Hall–Kier alpha value is -3.75. The summed E-state index contributed by atoms with van der Waals surface area (Å²) in [6, 6.07) is 16.3. The quantitative estimate of drug-likeness (QED) is 0.351. The lowest BCUT2D eigenvalue weighted by atomic mass is 10.1. The number of hydrogen-bond acceptors (Lipinski definition) is 5. The molecule has 154 valence electrons. The predicted molar refractivity (Wildman–Crippen MR) is 119 cm³/mol. The minimum absolute atomic E-state index is 0.0131. The molecule has 4 rings (SSSR count). The van der Waals surface area contributed by atoms with Crippen molar-refractivity contribution >= 4 is 58.5 Å². The van der Waals surface area contributed by atoms with Gasteiger partial charge in [-0.25, -0.2) is 4.79 Å². The second-order valence-electron chi connectivity index (χ2n) is 6.50. The average molecular weight is 453 g/mol. The number of furan rings is 1. The fourth-order valence-electron chi connectivity index (χ4n) is 3.04. The minimum Gasteiger partial charge on any atom is -0.478 e. The van der Waals surface area contributed by atoms with Gasteiger partial charge < -0.3 is 9.52 Å². The Morgan fingerprint density at radius 2 is 1.84 bits per heavy atom. The van der Waals surface area contributed by atoms with Gasteiger partial charge in [0, 0.05) is 5.56 Å². The lowest BCUT2D eigenvalue weighted by Crippen LogP contribution is -2.54. The Bertz CT molecular complexity index is 1270. The molecule has 1 aliphatic rings. The molecule has 0 atom stereocenters. The number of aromatic carboxylic acids is 1. The number of carboxylic acid groups (broad SMARTS) is 1. The van der Waals surface area contributed by atoms with Crippen LogP contribution < -0.4 is 10.2 Å². The highest BCUT2D eigenvalue weighted by Crippen LogP contribution is 2.28. The molecule has 0 aliphatic carbocycles. The van der Waals surface area contributed by atoms with Crippen molar-refractivity contribution in [1.29, 1.82) is 0 Å². The number of thiocarbonyl (C=S) groups is 1. The number of para-hydroxylation sites is 1. The number of benzene rings is 2. The van der Waals surface area contributed by atoms with Gasteiger partial charge in [-0.2, -0.15) is 0 Å². The van der Waals surface area contributed by atoms with E-state index in [1.807, 2.05) is 0 Å². The maximum absolute atomic E-state index is 13.0. The normalized spacial score (nSPS) is 15.3. The summed E-state index contributed by atoms with van der Waals surface area (Å²) in [6.07, 6.45) is 1.31. The van der Waals surface area contributed by atoms with Crippen LogP contribution in [0.15, 0.2) is 70.7 Å². The molecule has 1 saturated heterocycles. The largest absolute Gasteiger partial charge is 0.478 e. The molecule has 2 amide bonds. The standard InChI is InChI=1S/C22H13ClN2O5S/c23-17-8-6-12(10-15(17)21(28)29)18-9-7-14(30-18)11-16-19(26)24-22(31)25(20(16)27)13-4-2-1-3-5-13/h1-11H,(H,28,29)(H,24,26,31). The maximum atomic E-state index is 13.0. The van der Waals surface area contributed by atoms with Crippen molar-refractivity contribution in [2.24, 2.45) is 0 Å². The Morgan fingerprint density at radius 3 is 2.55 bits per heavy atom. The molecule has 1 aromatic heterocycles. The highest BCUT2D eigenvalue weighted by molar-refractivity contribution is 7.80. The minimum atomic E-state index is -1.16. The number of anilines is 1. The van der Waals surface area contributed by atoms with E-state index in [4.69, 9.17) is 28.2 Å². The lowest BCUT2D eigenvalue weighted by molar-refractivity contribution is -0.122. The first-order chi connectivity index (χ1) is 14.8. The molecule has 1 aliphatic heterocycles. The molecule has 0 spiro atoms.